The lowest BCUT2D eigenvalue weighted by atomic mass is 10.2. The maximum absolute atomic E-state index is 12.4. The molecular weight excluding hydrogens is 462 g/mol. The zero-order valence-electron chi connectivity index (χ0n) is 15.9. The Balaban J connectivity index is 1.97. The Bertz CT molecular complexity index is 946. The summed E-state index contributed by atoms with van der Waals surface area (Å²) < 4.78 is 11.6. The number of para-hydroxylation sites is 1. The number of anilines is 1. The lowest BCUT2D eigenvalue weighted by Crippen LogP contribution is -2.37. The minimum Gasteiger partial charge on any atom is -0.490 e. The Morgan fingerprint density at radius 2 is 2.00 bits per heavy atom. The molecule has 0 radical (unpaired) electrons. The fraction of sp³-hybridized carbons (Fsp3) is 0.250. The molecule has 0 aliphatic rings. The number of nitriles is 1. The molecule has 0 fully saturated rings. The number of halogens is 2. The maximum Gasteiger partial charge on any atom is 0.260 e. The van der Waals surface area contributed by atoms with Crippen molar-refractivity contribution in [2.24, 2.45) is 0 Å². The van der Waals surface area contributed by atoms with Crippen molar-refractivity contribution in [2.75, 3.05) is 32.1 Å². The SMILES string of the molecule is CCOc1cc(C#N)cc(Br)c1OCC(=O)N(C)CC(=O)Nc1ccccc1Cl. The van der Waals surface area contributed by atoms with E-state index in [4.69, 9.17) is 26.3 Å². The molecular formula is C20H19BrClN3O4. The Morgan fingerprint density at radius 1 is 1.28 bits per heavy atom. The molecule has 2 rings (SSSR count). The van der Waals surface area contributed by atoms with Crippen LogP contribution in [0.1, 0.15) is 12.5 Å². The molecule has 0 heterocycles. The third kappa shape index (κ3) is 6.38. The highest BCUT2D eigenvalue weighted by Crippen LogP contribution is 2.36. The van der Waals surface area contributed by atoms with Crippen LogP contribution in [0.4, 0.5) is 5.69 Å². The first-order valence-corrected chi connectivity index (χ1v) is 9.80. The third-order valence-electron chi connectivity index (χ3n) is 3.73. The van der Waals surface area contributed by atoms with Gasteiger partial charge in [-0.15, -0.1) is 0 Å². The summed E-state index contributed by atoms with van der Waals surface area (Å²) in [6.07, 6.45) is 0. The number of rotatable bonds is 8. The number of carbonyl (C=O) groups excluding carboxylic acids is 2. The fourth-order valence-corrected chi connectivity index (χ4v) is 3.08. The first-order valence-electron chi connectivity index (χ1n) is 8.63. The molecule has 9 heteroatoms. The third-order valence-corrected chi connectivity index (χ3v) is 4.65. The summed E-state index contributed by atoms with van der Waals surface area (Å²) in [7, 11) is 1.50. The van der Waals surface area contributed by atoms with E-state index in [1.807, 2.05) is 6.07 Å². The van der Waals surface area contributed by atoms with Crippen molar-refractivity contribution in [3.8, 4) is 17.6 Å². The quantitative estimate of drug-likeness (QED) is 0.620. The molecule has 0 bridgehead atoms. The van der Waals surface area contributed by atoms with Crippen molar-refractivity contribution in [1.29, 1.82) is 5.26 Å². The molecule has 152 valence electrons. The van der Waals surface area contributed by atoms with Gasteiger partial charge in [0.25, 0.3) is 5.91 Å². The Labute approximate surface area is 182 Å². The van der Waals surface area contributed by atoms with Crippen LogP contribution >= 0.6 is 27.5 Å². The number of nitrogens with one attached hydrogen (secondary N) is 1. The van der Waals surface area contributed by atoms with Gasteiger partial charge in [-0.25, -0.2) is 0 Å². The summed E-state index contributed by atoms with van der Waals surface area (Å²) in [5, 5.41) is 12.1. The molecule has 0 aliphatic heterocycles. The number of likely N-dealkylation sites (N-methyl/N-ethyl adjacent to an activating group) is 1. The first kappa shape index (κ1) is 22.5. The van der Waals surface area contributed by atoms with E-state index in [9.17, 15) is 9.59 Å². The van der Waals surface area contributed by atoms with Crippen molar-refractivity contribution in [2.45, 2.75) is 6.92 Å². The van der Waals surface area contributed by atoms with Crippen LogP contribution in [0.25, 0.3) is 0 Å². The van der Waals surface area contributed by atoms with Gasteiger partial charge in [-0.2, -0.15) is 5.26 Å². The number of amides is 2. The molecule has 0 aromatic heterocycles. The summed E-state index contributed by atoms with van der Waals surface area (Å²) in [6.45, 7) is 1.70. The zero-order chi connectivity index (χ0) is 21.4. The monoisotopic (exact) mass is 479 g/mol. The van der Waals surface area contributed by atoms with Crippen molar-refractivity contribution >= 4 is 45.0 Å². The van der Waals surface area contributed by atoms with Crippen molar-refractivity contribution in [3.63, 3.8) is 0 Å². The van der Waals surface area contributed by atoms with E-state index in [-0.39, 0.29) is 19.1 Å². The number of hydrogen-bond donors (Lipinski definition) is 1. The van der Waals surface area contributed by atoms with Gasteiger partial charge in [0.05, 0.1) is 40.0 Å². The highest BCUT2D eigenvalue weighted by molar-refractivity contribution is 9.10. The second kappa shape index (κ2) is 10.7. The van der Waals surface area contributed by atoms with Gasteiger partial charge in [-0.05, 0) is 41.1 Å². The predicted molar refractivity (Wildman–Crippen MR) is 113 cm³/mol. The van der Waals surface area contributed by atoms with E-state index in [0.717, 1.165) is 0 Å². The molecule has 0 saturated heterocycles. The van der Waals surface area contributed by atoms with Crippen LogP contribution in [0.2, 0.25) is 5.02 Å². The van der Waals surface area contributed by atoms with Gasteiger partial charge in [-0.1, -0.05) is 23.7 Å². The predicted octanol–water partition coefficient (Wildman–Crippen LogP) is 3.85. The molecule has 1 N–H and O–H groups in total. The second-order valence-corrected chi connectivity index (χ2v) is 7.16. The van der Waals surface area contributed by atoms with E-state index in [1.165, 1.54) is 18.0 Å². The normalized spacial score (nSPS) is 10.0. The number of carbonyl (C=O) groups is 2. The average molecular weight is 481 g/mol. The molecule has 0 atom stereocenters. The molecule has 29 heavy (non-hydrogen) atoms. The van der Waals surface area contributed by atoms with Crippen LogP contribution in [0.5, 0.6) is 11.5 Å². The highest BCUT2D eigenvalue weighted by Gasteiger charge is 2.18. The number of ether oxygens (including phenoxy) is 2. The summed E-state index contributed by atoms with van der Waals surface area (Å²) in [4.78, 5) is 25.8. The van der Waals surface area contributed by atoms with E-state index >= 15 is 0 Å². The molecule has 0 saturated carbocycles. The van der Waals surface area contributed by atoms with Crippen LogP contribution in [0.15, 0.2) is 40.9 Å². The highest BCUT2D eigenvalue weighted by atomic mass is 79.9. The van der Waals surface area contributed by atoms with Gasteiger partial charge in [0.2, 0.25) is 5.91 Å². The van der Waals surface area contributed by atoms with Crippen LogP contribution in [0, 0.1) is 11.3 Å². The number of benzene rings is 2. The average Bonchev–Trinajstić information content (AvgIpc) is 2.68. The Kier molecular flexibility index (Phi) is 8.31. The number of nitrogens with zero attached hydrogens (tertiary/aromatic N) is 2. The van der Waals surface area contributed by atoms with Gasteiger partial charge in [-0.3, -0.25) is 9.59 Å². The summed E-state index contributed by atoms with van der Waals surface area (Å²) in [5.74, 6) is -0.125. The van der Waals surface area contributed by atoms with Gasteiger partial charge >= 0.3 is 0 Å². The van der Waals surface area contributed by atoms with Gasteiger partial charge in [0.1, 0.15) is 0 Å². The fourth-order valence-electron chi connectivity index (χ4n) is 2.34. The standard InChI is InChI=1S/C20H19BrClN3O4/c1-3-28-17-9-13(10-23)8-14(21)20(17)29-12-19(27)25(2)11-18(26)24-16-7-5-4-6-15(16)22/h4-9H,3,11-12H2,1-2H3,(H,24,26). The van der Waals surface area contributed by atoms with Crippen molar-refractivity contribution in [3.05, 3.63) is 51.5 Å². The van der Waals surface area contributed by atoms with Crippen molar-refractivity contribution < 1.29 is 19.1 Å². The first-order chi connectivity index (χ1) is 13.8. The van der Waals surface area contributed by atoms with Crippen LogP contribution in [-0.4, -0.2) is 43.5 Å². The van der Waals surface area contributed by atoms with Crippen LogP contribution in [0.3, 0.4) is 0 Å². The summed E-state index contributed by atoms with van der Waals surface area (Å²) in [6, 6.07) is 12.0. The maximum atomic E-state index is 12.4. The van der Waals surface area contributed by atoms with Crippen LogP contribution in [-0.2, 0) is 9.59 Å². The summed E-state index contributed by atoms with van der Waals surface area (Å²) >= 11 is 9.33. The largest absolute Gasteiger partial charge is 0.490 e. The van der Waals surface area contributed by atoms with E-state index < -0.39 is 5.91 Å². The topological polar surface area (TPSA) is 91.7 Å². The molecule has 7 nitrogen and oxygen atoms in total. The number of hydrogen-bond acceptors (Lipinski definition) is 5. The molecule has 0 aliphatic carbocycles. The van der Waals surface area contributed by atoms with Gasteiger partial charge < -0.3 is 19.7 Å². The van der Waals surface area contributed by atoms with Gasteiger partial charge in [0, 0.05) is 13.1 Å². The Hall–Kier alpha value is -2.76. The van der Waals surface area contributed by atoms with Crippen LogP contribution < -0.4 is 14.8 Å². The second-order valence-electron chi connectivity index (χ2n) is 5.90. The van der Waals surface area contributed by atoms with E-state index in [0.29, 0.717) is 38.9 Å². The summed E-state index contributed by atoms with van der Waals surface area (Å²) in [5.41, 5.74) is 0.867. The Morgan fingerprint density at radius 3 is 2.66 bits per heavy atom. The minimum atomic E-state index is -0.405. The minimum absolute atomic E-state index is 0.166. The van der Waals surface area contributed by atoms with E-state index in [2.05, 4.69) is 21.2 Å². The zero-order valence-corrected chi connectivity index (χ0v) is 18.2. The van der Waals surface area contributed by atoms with Gasteiger partial charge in [0.15, 0.2) is 18.1 Å². The van der Waals surface area contributed by atoms with Crippen molar-refractivity contribution in [1.82, 2.24) is 4.90 Å². The smallest absolute Gasteiger partial charge is 0.260 e. The molecule has 2 aromatic carbocycles. The molecule has 2 amide bonds. The molecule has 0 unspecified atom stereocenters. The molecule has 2 aromatic rings. The molecule has 0 spiro atoms. The lowest BCUT2D eigenvalue weighted by Gasteiger charge is -2.19. The lowest BCUT2D eigenvalue weighted by molar-refractivity contribution is -0.135. The van der Waals surface area contributed by atoms with E-state index in [1.54, 1.807) is 37.3 Å².